The van der Waals surface area contributed by atoms with Crippen LogP contribution in [0.15, 0.2) is 78.2 Å². The molecule has 1 heterocycles. The molecule has 37 heavy (non-hydrogen) atoms. The Hall–Kier alpha value is -4.06. The SMILES string of the molecule is COc1cccc(CN(Cc2cccc(OC)c2)c2nc(COCCOc3cccc(C#N)c3)cs2)c1. The standard InChI is InChI=1S/C29H29N3O4S/c1-33-26-9-4-7-23(15-26)18-32(19-24-8-5-10-27(16-24)34-2)29-31-25(21-37-29)20-35-12-13-36-28-11-3-6-22(14-28)17-30/h3-11,14-16,21H,12-13,18-20H2,1-2H3. The second kappa shape index (κ2) is 13.3. The van der Waals surface area contributed by atoms with Gasteiger partial charge in [-0.25, -0.2) is 4.98 Å². The molecule has 4 rings (SSSR count). The van der Waals surface area contributed by atoms with E-state index in [0.717, 1.165) is 33.5 Å². The van der Waals surface area contributed by atoms with Crippen LogP contribution in [0.3, 0.4) is 0 Å². The number of nitrogens with zero attached hydrogens (tertiary/aromatic N) is 3. The van der Waals surface area contributed by atoms with Crippen LogP contribution in [0.25, 0.3) is 0 Å². The van der Waals surface area contributed by atoms with E-state index < -0.39 is 0 Å². The quantitative estimate of drug-likeness (QED) is 0.207. The molecule has 0 bridgehead atoms. The number of thiazole rings is 1. The van der Waals surface area contributed by atoms with Crippen LogP contribution in [-0.4, -0.2) is 32.4 Å². The number of benzene rings is 3. The summed E-state index contributed by atoms with van der Waals surface area (Å²) in [6.45, 7) is 2.56. The molecule has 0 amide bonds. The van der Waals surface area contributed by atoms with Crippen LogP contribution in [0.2, 0.25) is 0 Å². The Labute approximate surface area is 221 Å². The molecule has 7 nitrogen and oxygen atoms in total. The molecule has 190 valence electrons. The summed E-state index contributed by atoms with van der Waals surface area (Å²) in [7, 11) is 3.35. The maximum atomic E-state index is 9.00. The zero-order valence-electron chi connectivity index (χ0n) is 20.9. The van der Waals surface area contributed by atoms with E-state index in [-0.39, 0.29) is 0 Å². The molecule has 8 heteroatoms. The fourth-order valence-electron chi connectivity index (χ4n) is 3.73. The molecule has 0 radical (unpaired) electrons. The van der Waals surface area contributed by atoms with Crippen LogP contribution < -0.4 is 19.1 Å². The van der Waals surface area contributed by atoms with Crippen LogP contribution in [0.1, 0.15) is 22.4 Å². The minimum atomic E-state index is 0.393. The zero-order valence-corrected chi connectivity index (χ0v) is 21.7. The van der Waals surface area contributed by atoms with E-state index in [9.17, 15) is 0 Å². The highest BCUT2D eigenvalue weighted by Crippen LogP contribution is 2.27. The number of methoxy groups -OCH3 is 2. The summed E-state index contributed by atoms with van der Waals surface area (Å²) in [6.07, 6.45) is 0. The van der Waals surface area contributed by atoms with Gasteiger partial charge in [0, 0.05) is 18.5 Å². The molecule has 0 aliphatic heterocycles. The maximum absolute atomic E-state index is 9.00. The second-order valence-electron chi connectivity index (χ2n) is 8.22. The van der Waals surface area contributed by atoms with Crippen LogP contribution in [0, 0.1) is 11.3 Å². The van der Waals surface area contributed by atoms with Crippen molar-refractivity contribution in [2.45, 2.75) is 19.7 Å². The first-order valence-electron chi connectivity index (χ1n) is 11.8. The van der Waals surface area contributed by atoms with E-state index in [1.807, 2.05) is 47.8 Å². The Morgan fingerprint density at radius 2 is 1.49 bits per heavy atom. The molecule has 0 saturated heterocycles. The van der Waals surface area contributed by atoms with Crippen molar-refractivity contribution in [3.8, 4) is 23.3 Å². The Morgan fingerprint density at radius 3 is 2.14 bits per heavy atom. The first-order valence-corrected chi connectivity index (χ1v) is 12.7. The van der Waals surface area contributed by atoms with Crippen molar-refractivity contribution in [3.05, 3.63) is 101 Å². The lowest BCUT2D eigenvalue weighted by atomic mass is 10.1. The molecule has 0 saturated carbocycles. The molecule has 1 aromatic heterocycles. The lowest BCUT2D eigenvalue weighted by Crippen LogP contribution is -2.22. The van der Waals surface area contributed by atoms with Gasteiger partial charge in [-0.1, -0.05) is 30.3 Å². The number of nitriles is 1. The van der Waals surface area contributed by atoms with Gasteiger partial charge in [0.2, 0.25) is 0 Å². The normalized spacial score (nSPS) is 10.5. The average Bonchev–Trinajstić information content (AvgIpc) is 3.42. The number of rotatable bonds is 13. The summed E-state index contributed by atoms with van der Waals surface area (Å²) in [5.74, 6) is 2.31. The highest BCUT2D eigenvalue weighted by atomic mass is 32.1. The molecule has 0 aliphatic rings. The molecule has 4 aromatic rings. The van der Waals surface area contributed by atoms with Crippen molar-refractivity contribution in [1.29, 1.82) is 5.26 Å². The van der Waals surface area contributed by atoms with Crippen LogP contribution in [-0.2, 0) is 24.4 Å². The van der Waals surface area contributed by atoms with Crippen LogP contribution >= 0.6 is 11.3 Å². The third kappa shape index (κ3) is 7.71. The van der Waals surface area contributed by atoms with E-state index in [0.29, 0.717) is 44.2 Å². The van der Waals surface area contributed by atoms with E-state index in [4.69, 9.17) is 29.2 Å². The summed E-state index contributed by atoms with van der Waals surface area (Å²) < 4.78 is 22.3. The number of aromatic nitrogens is 1. The third-order valence-corrected chi connectivity index (χ3v) is 6.49. The number of ether oxygens (including phenoxy) is 4. The largest absolute Gasteiger partial charge is 0.497 e. The van der Waals surface area contributed by atoms with E-state index in [2.05, 4.69) is 23.1 Å². The molecule has 3 aromatic carbocycles. The first kappa shape index (κ1) is 26.0. The van der Waals surface area contributed by atoms with E-state index in [1.54, 1.807) is 43.8 Å². The summed E-state index contributed by atoms with van der Waals surface area (Å²) >= 11 is 1.59. The maximum Gasteiger partial charge on any atom is 0.186 e. The smallest absolute Gasteiger partial charge is 0.186 e. The van der Waals surface area contributed by atoms with Gasteiger partial charge in [-0.2, -0.15) is 5.26 Å². The van der Waals surface area contributed by atoms with Crippen molar-refractivity contribution in [2.75, 3.05) is 32.3 Å². The molecule has 0 atom stereocenters. The van der Waals surface area contributed by atoms with Crippen molar-refractivity contribution >= 4 is 16.5 Å². The Balaban J connectivity index is 1.38. The summed E-state index contributed by atoms with van der Waals surface area (Å²) in [4.78, 5) is 7.09. The fraction of sp³-hybridized carbons (Fsp3) is 0.241. The van der Waals surface area contributed by atoms with Gasteiger partial charge in [-0.15, -0.1) is 11.3 Å². The molecule has 0 aliphatic carbocycles. The van der Waals surface area contributed by atoms with Crippen molar-refractivity contribution in [1.82, 2.24) is 4.98 Å². The van der Waals surface area contributed by atoms with Crippen molar-refractivity contribution in [3.63, 3.8) is 0 Å². The topological polar surface area (TPSA) is 76.8 Å². The van der Waals surface area contributed by atoms with Crippen molar-refractivity contribution < 1.29 is 18.9 Å². The van der Waals surface area contributed by atoms with Crippen LogP contribution in [0.5, 0.6) is 17.2 Å². The Bertz CT molecular complexity index is 1280. The van der Waals surface area contributed by atoms with Crippen molar-refractivity contribution in [2.24, 2.45) is 0 Å². The molecule has 0 N–H and O–H groups in total. The predicted octanol–water partition coefficient (Wildman–Crippen LogP) is 5.83. The highest BCUT2D eigenvalue weighted by Gasteiger charge is 2.14. The number of hydrogen-bond acceptors (Lipinski definition) is 8. The third-order valence-electron chi connectivity index (χ3n) is 5.53. The van der Waals surface area contributed by atoms with Gasteiger partial charge in [-0.3, -0.25) is 0 Å². The fourth-order valence-corrected chi connectivity index (χ4v) is 4.54. The average molecular weight is 516 g/mol. The van der Waals surface area contributed by atoms with Gasteiger partial charge in [-0.05, 0) is 53.6 Å². The zero-order chi connectivity index (χ0) is 25.9. The van der Waals surface area contributed by atoms with E-state index in [1.165, 1.54) is 0 Å². The molecule has 0 fully saturated rings. The first-order chi connectivity index (χ1) is 18.2. The van der Waals surface area contributed by atoms with Gasteiger partial charge < -0.3 is 23.8 Å². The van der Waals surface area contributed by atoms with Gasteiger partial charge in [0.15, 0.2) is 5.13 Å². The van der Waals surface area contributed by atoms with E-state index >= 15 is 0 Å². The Kier molecular flexibility index (Phi) is 9.35. The van der Waals surface area contributed by atoms with Gasteiger partial charge in [0.25, 0.3) is 0 Å². The Morgan fingerprint density at radius 1 is 0.838 bits per heavy atom. The minimum absolute atomic E-state index is 0.393. The second-order valence-corrected chi connectivity index (χ2v) is 9.06. The summed E-state index contributed by atoms with van der Waals surface area (Å²) in [6, 6.07) is 25.3. The van der Waals surface area contributed by atoms with Gasteiger partial charge >= 0.3 is 0 Å². The lowest BCUT2D eigenvalue weighted by molar-refractivity contribution is 0.0872. The summed E-state index contributed by atoms with van der Waals surface area (Å²) in [5.41, 5.74) is 3.70. The molecule has 0 unspecified atom stereocenters. The minimum Gasteiger partial charge on any atom is -0.497 e. The van der Waals surface area contributed by atoms with Gasteiger partial charge in [0.05, 0.1) is 44.8 Å². The molecular weight excluding hydrogens is 486 g/mol. The lowest BCUT2D eigenvalue weighted by Gasteiger charge is -2.22. The predicted molar refractivity (Wildman–Crippen MR) is 144 cm³/mol. The van der Waals surface area contributed by atoms with Gasteiger partial charge in [0.1, 0.15) is 23.9 Å². The summed E-state index contributed by atoms with van der Waals surface area (Å²) in [5, 5.41) is 11.9. The highest BCUT2D eigenvalue weighted by molar-refractivity contribution is 7.13. The molecular formula is C29H29N3O4S. The number of anilines is 1. The monoisotopic (exact) mass is 515 g/mol. The molecule has 0 spiro atoms. The van der Waals surface area contributed by atoms with Crippen LogP contribution in [0.4, 0.5) is 5.13 Å². The number of hydrogen-bond donors (Lipinski definition) is 0.